The quantitative estimate of drug-likeness (QED) is 0.622. The van der Waals surface area contributed by atoms with Crippen molar-refractivity contribution in [2.24, 2.45) is 0 Å². The minimum Gasteiger partial charge on any atom is -0.255 e. The van der Waals surface area contributed by atoms with Gasteiger partial charge in [-0.25, -0.2) is 17.2 Å². The Kier molecular flexibility index (Phi) is 3.63. The smallest absolute Gasteiger partial charge is 0.255 e. The first-order chi connectivity index (χ1) is 7.53. The zero-order valence-corrected chi connectivity index (χ0v) is 9.24. The summed E-state index contributed by atoms with van der Waals surface area (Å²) in [5, 5.41) is 0. The van der Waals surface area contributed by atoms with Gasteiger partial charge >= 0.3 is 6.18 Å². The normalized spacial score (nSPS) is 13.1. The van der Waals surface area contributed by atoms with E-state index in [0.29, 0.717) is 0 Å². The Morgan fingerprint density at radius 1 is 1.29 bits per heavy atom. The average Bonchev–Trinajstić information content (AvgIpc) is 2.14. The number of hydrogen-bond acceptors (Lipinski definition) is 3. The molecule has 17 heavy (non-hydrogen) atoms. The molecule has 0 fully saturated rings. The highest BCUT2D eigenvalue weighted by molar-refractivity contribution is 8.13. The van der Waals surface area contributed by atoms with Crippen LogP contribution in [0.1, 0.15) is 17.7 Å². The predicted molar refractivity (Wildman–Crippen MR) is 47.2 cm³/mol. The molecule has 1 rings (SSSR count). The standard InChI is InChI=1S/C7H3ClF5NO2S/c8-17(15,16)5-1-4(6(9)10)14-2-3(5)7(11,12)13/h1-2,6H. The van der Waals surface area contributed by atoms with Crippen molar-refractivity contribution in [3.63, 3.8) is 0 Å². The van der Waals surface area contributed by atoms with Crippen molar-refractivity contribution in [1.82, 2.24) is 4.98 Å². The predicted octanol–water partition coefficient (Wildman–Crippen LogP) is 2.97. The summed E-state index contributed by atoms with van der Waals surface area (Å²) in [4.78, 5) is 1.39. The van der Waals surface area contributed by atoms with Crippen molar-refractivity contribution in [2.45, 2.75) is 17.5 Å². The van der Waals surface area contributed by atoms with Crippen LogP contribution in [0.5, 0.6) is 0 Å². The molecule has 0 aliphatic rings. The van der Waals surface area contributed by atoms with Crippen LogP contribution in [0.25, 0.3) is 0 Å². The summed E-state index contributed by atoms with van der Waals surface area (Å²) in [6, 6.07) is 0.107. The maximum absolute atomic E-state index is 12.4. The summed E-state index contributed by atoms with van der Waals surface area (Å²) in [6.07, 6.45) is -8.24. The first-order valence-electron chi connectivity index (χ1n) is 3.83. The largest absolute Gasteiger partial charge is 0.419 e. The van der Waals surface area contributed by atoms with E-state index in [1.54, 1.807) is 0 Å². The van der Waals surface area contributed by atoms with Gasteiger partial charge in [0.05, 0.1) is 10.5 Å². The van der Waals surface area contributed by atoms with E-state index in [-0.39, 0.29) is 12.3 Å². The van der Waals surface area contributed by atoms with Gasteiger partial charge in [-0.05, 0) is 6.07 Å². The molecular formula is C7H3ClF5NO2S. The number of rotatable bonds is 2. The summed E-state index contributed by atoms with van der Waals surface area (Å²) >= 11 is 0. The van der Waals surface area contributed by atoms with Gasteiger partial charge in [0.1, 0.15) is 5.69 Å². The van der Waals surface area contributed by atoms with Crippen LogP contribution < -0.4 is 0 Å². The van der Waals surface area contributed by atoms with E-state index in [1.165, 1.54) is 0 Å². The van der Waals surface area contributed by atoms with E-state index >= 15 is 0 Å². The molecule has 0 amide bonds. The minimum absolute atomic E-state index is 0.0107. The van der Waals surface area contributed by atoms with E-state index < -0.39 is 37.8 Å². The van der Waals surface area contributed by atoms with Crippen LogP contribution in [0.2, 0.25) is 0 Å². The van der Waals surface area contributed by atoms with Crippen LogP contribution in [-0.2, 0) is 15.2 Å². The van der Waals surface area contributed by atoms with Gasteiger partial charge in [-0.3, -0.25) is 4.98 Å². The molecule has 0 N–H and O–H groups in total. The average molecular weight is 296 g/mol. The Balaban J connectivity index is 3.55. The number of nitrogens with zero attached hydrogens (tertiary/aromatic N) is 1. The second-order valence-corrected chi connectivity index (χ2v) is 5.38. The highest BCUT2D eigenvalue weighted by Gasteiger charge is 2.38. The first-order valence-corrected chi connectivity index (χ1v) is 6.14. The van der Waals surface area contributed by atoms with Crippen LogP contribution in [0.4, 0.5) is 22.0 Å². The number of aromatic nitrogens is 1. The topological polar surface area (TPSA) is 47.0 Å². The van der Waals surface area contributed by atoms with Crippen molar-refractivity contribution >= 4 is 19.7 Å². The third-order valence-electron chi connectivity index (χ3n) is 1.68. The van der Waals surface area contributed by atoms with E-state index in [2.05, 4.69) is 4.98 Å². The molecule has 0 aliphatic heterocycles. The summed E-state index contributed by atoms with van der Waals surface area (Å²) in [7, 11) is -0.0478. The van der Waals surface area contributed by atoms with Crippen molar-refractivity contribution in [3.8, 4) is 0 Å². The molecule has 0 bridgehead atoms. The van der Waals surface area contributed by atoms with E-state index in [0.717, 1.165) is 0 Å². The number of alkyl halides is 5. The molecule has 96 valence electrons. The highest BCUT2D eigenvalue weighted by Crippen LogP contribution is 2.36. The third-order valence-corrected chi connectivity index (χ3v) is 3.04. The Morgan fingerprint density at radius 2 is 1.82 bits per heavy atom. The van der Waals surface area contributed by atoms with Crippen LogP contribution in [0.3, 0.4) is 0 Å². The number of hydrogen-bond donors (Lipinski definition) is 0. The van der Waals surface area contributed by atoms with Gasteiger partial charge in [0, 0.05) is 16.9 Å². The minimum atomic E-state index is -5.05. The molecule has 1 aromatic heterocycles. The number of halogens is 6. The second kappa shape index (κ2) is 4.37. The second-order valence-electron chi connectivity index (χ2n) is 2.84. The van der Waals surface area contributed by atoms with Crippen LogP contribution in [0, 0.1) is 0 Å². The van der Waals surface area contributed by atoms with Crippen molar-refractivity contribution in [3.05, 3.63) is 23.5 Å². The van der Waals surface area contributed by atoms with Gasteiger partial charge in [-0.15, -0.1) is 0 Å². The lowest BCUT2D eigenvalue weighted by Gasteiger charge is -2.11. The lowest BCUT2D eigenvalue weighted by atomic mass is 10.2. The fraction of sp³-hybridized carbons (Fsp3) is 0.286. The Bertz CT molecular complexity index is 528. The van der Waals surface area contributed by atoms with Gasteiger partial charge in [-0.1, -0.05) is 0 Å². The van der Waals surface area contributed by atoms with Crippen LogP contribution >= 0.6 is 10.7 Å². The monoisotopic (exact) mass is 295 g/mol. The van der Waals surface area contributed by atoms with E-state index in [4.69, 9.17) is 10.7 Å². The highest BCUT2D eigenvalue weighted by atomic mass is 35.7. The maximum Gasteiger partial charge on any atom is 0.419 e. The van der Waals surface area contributed by atoms with Gasteiger partial charge in [0.25, 0.3) is 15.5 Å². The molecule has 1 aromatic rings. The molecule has 0 spiro atoms. The molecule has 0 unspecified atom stereocenters. The lowest BCUT2D eigenvalue weighted by Crippen LogP contribution is -2.12. The molecule has 0 atom stereocenters. The third kappa shape index (κ3) is 3.25. The van der Waals surface area contributed by atoms with Crippen molar-refractivity contribution in [1.29, 1.82) is 0 Å². The first kappa shape index (κ1) is 14.1. The van der Waals surface area contributed by atoms with Gasteiger partial charge in [0.2, 0.25) is 0 Å². The molecule has 3 nitrogen and oxygen atoms in total. The fourth-order valence-corrected chi connectivity index (χ4v) is 2.06. The summed E-state index contributed by atoms with van der Waals surface area (Å²) in [6.45, 7) is 0. The SMILES string of the molecule is O=S(=O)(Cl)c1cc(C(F)F)ncc1C(F)(F)F. The molecule has 0 aromatic carbocycles. The van der Waals surface area contributed by atoms with Gasteiger partial charge < -0.3 is 0 Å². The Hall–Kier alpha value is -0.960. The maximum atomic E-state index is 12.4. The van der Waals surface area contributed by atoms with Crippen molar-refractivity contribution in [2.75, 3.05) is 0 Å². The summed E-state index contributed by atoms with van der Waals surface area (Å²) < 4.78 is 83.2. The van der Waals surface area contributed by atoms with Crippen LogP contribution in [0.15, 0.2) is 17.2 Å². The molecule has 10 heteroatoms. The summed E-state index contributed by atoms with van der Waals surface area (Å²) in [5.74, 6) is 0. The molecule has 0 aliphatic carbocycles. The Morgan fingerprint density at radius 3 is 2.18 bits per heavy atom. The van der Waals surface area contributed by atoms with Crippen molar-refractivity contribution < 1.29 is 30.4 Å². The van der Waals surface area contributed by atoms with Crippen LogP contribution in [-0.4, -0.2) is 13.4 Å². The Labute approximate surface area is 96.6 Å². The molecular weight excluding hydrogens is 293 g/mol. The lowest BCUT2D eigenvalue weighted by molar-refractivity contribution is -0.140. The van der Waals surface area contributed by atoms with E-state index in [1.807, 2.05) is 0 Å². The summed E-state index contributed by atoms with van der Waals surface area (Å²) in [5.41, 5.74) is -2.78. The molecule has 0 radical (unpaired) electrons. The fourth-order valence-electron chi connectivity index (χ4n) is 0.986. The zero-order chi connectivity index (χ0) is 13.4. The van der Waals surface area contributed by atoms with Gasteiger partial charge in [0.15, 0.2) is 0 Å². The molecule has 1 heterocycles. The molecule has 0 saturated carbocycles. The molecule has 0 saturated heterocycles. The van der Waals surface area contributed by atoms with E-state index in [9.17, 15) is 30.4 Å². The number of pyridine rings is 1. The zero-order valence-electron chi connectivity index (χ0n) is 7.67. The van der Waals surface area contributed by atoms with Gasteiger partial charge in [-0.2, -0.15) is 13.2 Å².